The van der Waals surface area contributed by atoms with Crippen molar-refractivity contribution in [1.82, 2.24) is 5.32 Å². The first-order valence-corrected chi connectivity index (χ1v) is 5.71. The molecule has 0 bridgehead atoms. The Morgan fingerprint density at radius 1 is 1.44 bits per heavy atom. The molecule has 0 aromatic heterocycles. The van der Waals surface area contributed by atoms with E-state index < -0.39 is 0 Å². The third-order valence-corrected chi connectivity index (χ3v) is 3.22. The van der Waals surface area contributed by atoms with E-state index in [-0.39, 0.29) is 11.9 Å². The predicted octanol–water partition coefficient (Wildman–Crippen LogP) is 1.58. The number of nitrogens with one attached hydrogen (secondary N) is 1. The molecule has 16 heavy (non-hydrogen) atoms. The number of nitrogens with two attached hydrogens (primary N) is 1. The van der Waals surface area contributed by atoms with Gasteiger partial charge in [0.25, 0.3) is 0 Å². The Morgan fingerprint density at radius 3 is 2.69 bits per heavy atom. The third-order valence-electron chi connectivity index (χ3n) is 3.22. The van der Waals surface area contributed by atoms with Gasteiger partial charge in [-0.1, -0.05) is 18.2 Å². The molecule has 3 N–H and O–H groups in total. The van der Waals surface area contributed by atoms with Gasteiger partial charge >= 0.3 is 0 Å². The molecule has 1 unspecified atom stereocenters. The maximum Gasteiger partial charge on any atom is 0.239 e. The summed E-state index contributed by atoms with van der Waals surface area (Å²) in [5.74, 6) is -0.291. The SMILES string of the molecule is Cc1cccc(C(NC2CC2)C(N)=O)c1C. The first-order valence-electron chi connectivity index (χ1n) is 5.71. The Hall–Kier alpha value is -1.35. The molecule has 3 nitrogen and oxygen atoms in total. The zero-order chi connectivity index (χ0) is 11.7. The van der Waals surface area contributed by atoms with Crippen molar-refractivity contribution >= 4 is 5.91 Å². The van der Waals surface area contributed by atoms with Gasteiger partial charge in [-0.3, -0.25) is 10.1 Å². The first-order chi connectivity index (χ1) is 7.59. The number of hydrogen-bond acceptors (Lipinski definition) is 2. The van der Waals surface area contributed by atoms with Gasteiger partial charge in [0.1, 0.15) is 6.04 Å². The molecule has 0 radical (unpaired) electrons. The molecule has 1 aromatic rings. The molecule has 0 saturated heterocycles. The first kappa shape index (κ1) is 11.1. The number of primary amides is 1. The lowest BCUT2D eigenvalue weighted by molar-refractivity contribution is -0.120. The van der Waals surface area contributed by atoms with Crippen molar-refractivity contribution in [1.29, 1.82) is 0 Å². The molecular formula is C13H18N2O. The second kappa shape index (κ2) is 4.26. The van der Waals surface area contributed by atoms with Gasteiger partial charge in [0.05, 0.1) is 0 Å². The van der Waals surface area contributed by atoms with Crippen LogP contribution in [-0.4, -0.2) is 11.9 Å². The lowest BCUT2D eigenvalue weighted by Crippen LogP contribution is -2.35. The second-order valence-electron chi connectivity index (χ2n) is 4.57. The number of rotatable bonds is 4. The summed E-state index contributed by atoms with van der Waals surface area (Å²) in [6.45, 7) is 4.09. The summed E-state index contributed by atoms with van der Waals surface area (Å²) >= 11 is 0. The Bertz CT molecular complexity index is 410. The van der Waals surface area contributed by atoms with Crippen molar-refractivity contribution < 1.29 is 4.79 Å². The van der Waals surface area contributed by atoms with Crippen LogP contribution in [0.15, 0.2) is 18.2 Å². The number of benzene rings is 1. The molecule has 1 saturated carbocycles. The molecule has 0 aliphatic heterocycles. The quantitative estimate of drug-likeness (QED) is 0.806. The Labute approximate surface area is 96.0 Å². The molecular weight excluding hydrogens is 200 g/mol. The van der Waals surface area contributed by atoms with Gasteiger partial charge in [-0.2, -0.15) is 0 Å². The minimum Gasteiger partial charge on any atom is -0.368 e. The average molecular weight is 218 g/mol. The van der Waals surface area contributed by atoms with Gasteiger partial charge in [0, 0.05) is 6.04 Å². The largest absolute Gasteiger partial charge is 0.368 e. The summed E-state index contributed by atoms with van der Waals surface area (Å²) in [6.07, 6.45) is 2.29. The van der Waals surface area contributed by atoms with Crippen LogP contribution in [0, 0.1) is 13.8 Å². The smallest absolute Gasteiger partial charge is 0.239 e. The van der Waals surface area contributed by atoms with Gasteiger partial charge in [-0.15, -0.1) is 0 Å². The highest BCUT2D eigenvalue weighted by Crippen LogP contribution is 2.26. The number of hydrogen-bond donors (Lipinski definition) is 2. The van der Waals surface area contributed by atoms with Crippen molar-refractivity contribution in [3.8, 4) is 0 Å². The van der Waals surface area contributed by atoms with E-state index in [4.69, 9.17) is 5.73 Å². The van der Waals surface area contributed by atoms with Crippen LogP contribution >= 0.6 is 0 Å². The van der Waals surface area contributed by atoms with Gasteiger partial charge in [0.2, 0.25) is 5.91 Å². The lowest BCUT2D eigenvalue weighted by Gasteiger charge is -2.18. The highest BCUT2D eigenvalue weighted by Gasteiger charge is 2.29. The van der Waals surface area contributed by atoms with Crippen LogP contribution in [-0.2, 0) is 4.79 Å². The molecule has 0 spiro atoms. The molecule has 0 heterocycles. The summed E-state index contributed by atoms with van der Waals surface area (Å²) in [4.78, 5) is 11.5. The number of aryl methyl sites for hydroxylation is 1. The highest BCUT2D eigenvalue weighted by atomic mass is 16.1. The van der Waals surface area contributed by atoms with Gasteiger partial charge in [-0.25, -0.2) is 0 Å². The minimum absolute atomic E-state index is 0.291. The molecule has 1 atom stereocenters. The molecule has 1 aromatic carbocycles. The molecule has 86 valence electrons. The van der Waals surface area contributed by atoms with Crippen LogP contribution in [0.25, 0.3) is 0 Å². The van der Waals surface area contributed by atoms with E-state index in [0.29, 0.717) is 6.04 Å². The maximum atomic E-state index is 11.5. The summed E-state index contributed by atoms with van der Waals surface area (Å²) in [5, 5.41) is 3.30. The summed E-state index contributed by atoms with van der Waals surface area (Å²) in [6, 6.07) is 6.13. The van der Waals surface area contributed by atoms with Crippen LogP contribution in [0.1, 0.15) is 35.6 Å². The average Bonchev–Trinajstić information content (AvgIpc) is 3.03. The number of carbonyl (C=O) groups is 1. The van der Waals surface area contributed by atoms with Crippen LogP contribution in [0.4, 0.5) is 0 Å². The second-order valence-corrected chi connectivity index (χ2v) is 4.57. The fourth-order valence-corrected chi connectivity index (χ4v) is 1.90. The predicted molar refractivity (Wildman–Crippen MR) is 64.0 cm³/mol. The van der Waals surface area contributed by atoms with Crippen molar-refractivity contribution in [2.75, 3.05) is 0 Å². The zero-order valence-corrected chi connectivity index (χ0v) is 9.79. The fourth-order valence-electron chi connectivity index (χ4n) is 1.90. The van der Waals surface area contributed by atoms with E-state index in [1.165, 1.54) is 5.56 Å². The standard InChI is InChI=1S/C13H18N2O/c1-8-4-3-5-11(9(8)2)12(13(14)16)15-10-6-7-10/h3-5,10,12,15H,6-7H2,1-2H3,(H2,14,16). The Kier molecular flexibility index (Phi) is 2.97. The van der Waals surface area contributed by atoms with Gasteiger partial charge < -0.3 is 5.73 Å². The van der Waals surface area contributed by atoms with E-state index >= 15 is 0 Å². The summed E-state index contributed by atoms with van der Waals surface area (Å²) < 4.78 is 0. The number of amides is 1. The zero-order valence-electron chi connectivity index (χ0n) is 9.79. The molecule has 3 heteroatoms. The topological polar surface area (TPSA) is 55.1 Å². The van der Waals surface area contributed by atoms with Gasteiger partial charge in [-0.05, 0) is 43.4 Å². The number of carbonyl (C=O) groups excluding carboxylic acids is 1. The van der Waals surface area contributed by atoms with Crippen LogP contribution < -0.4 is 11.1 Å². The monoisotopic (exact) mass is 218 g/mol. The van der Waals surface area contributed by atoms with E-state index in [0.717, 1.165) is 24.0 Å². The fraction of sp³-hybridized carbons (Fsp3) is 0.462. The molecule has 1 aliphatic carbocycles. The van der Waals surface area contributed by atoms with Gasteiger partial charge in [0.15, 0.2) is 0 Å². The molecule has 2 rings (SSSR count). The van der Waals surface area contributed by atoms with Crippen molar-refractivity contribution in [2.45, 2.75) is 38.8 Å². The minimum atomic E-state index is -0.340. The van der Waals surface area contributed by atoms with Crippen LogP contribution in [0.3, 0.4) is 0 Å². The molecule has 1 fully saturated rings. The Morgan fingerprint density at radius 2 is 2.12 bits per heavy atom. The van der Waals surface area contributed by atoms with E-state index in [9.17, 15) is 4.79 Å². The lowest BCUT2D eigenvalue weighted by atomic mass is 9.97. The van der Waals surface area contributed by atoms with E-state index in [1.54, 1.807) is 0 Å². The van der Waals surface area contributed by atoms with Crippen molar-refractivity contribution in [2.24, 2.45) is 5.73 Å². The Balaban J connectivity index is 2.29. The third kappa shape index (κ3) is 2.25. The summed E-state index contributed by atoms with van der Waals surface area (Å²) in [7, 11) is 0. The normalized spacial score (nSPS) is 17.1. The van der Waals surface area contributed by atoms with E-state index in [2.05, 4.69) is 5.32 Å². The maximum absolute atomic E-state index is 11.5. The van der Waals surface area contributed by atoms with Crippen LogP contribution in [0.2, 0.25) is 0 Å². The van der Waals surface area contributed by atoms with Crippen molar-refractivity contribution in [3.63, 3.8) is 0 Å². The summed E-state index contributed by atoms with van der Waals surface area (Å²) in [5.41, 5.74) is 8.82. The van der Waals surface area contributed by atoms with Crippen molar-refractivity contribution in [3.05, 3.63) is 34.9 Å². The van der Waals surface area contributed by atoms with Crippen LogP contribution in [0.5, 0.6) is 0 Å². The highest BCUT2D eigenvalue weighted by molar-refractivity contribution is 5.82. The molecule has 1 aliphatic rings. The van der Waals surface area contributed by atoms with E-state index in [1.807, 2.05) is 32.0 Å². The molecule has 1 amide bonds.